The van der Waals surface area contributed by atoms with Crippen molar-refractivity contribution in [1.82, 2.24) is 5.32 Å². The van der Waals surface area contributed by atoms with Crippen LogP contribution < -0.4 is 15.8 Å². The standard InChI is InChI=1S/C22H28N2O5/c23-19(25)11-28-18-3-1-17(2-4-18)21(27)29-12-20(26)24-13-22-8-14-5-15(9-22)7-16(6-14)10-22/h1-4,14-16H,5-13H2,(H2,23,25)(H,24,26). The van der Waals surface area contributed by atoms with Crippen LogP contribution in [0.5, 0.6) is 5.75 Å². The SMILES string of the molecule is NC(=O)COc1ccc(C(=O)OCC(=O)NCC23CC4CC(CC(C4)C2)C3)cc1. The molecule has 0 atom stereocenters. The summed E-state index contributed by atoms with van der Waals surface area (Å²) in [5, 5.41) is 3.00. The van der Waals surface area contributed by atoms with Crippen molar-refractivity contribution in [2.75, 3.05) is 19.8 Å². The van der Waals surface area contributed by atoms with Gasteiger partial charge >= 0.3 is 5.97 Å². The zero-order valence-electron chi connectivity index (χ0n) is 16.5. The van der Waals surface area contributed by atoms with E-state index in [0.29, 0.717) is 17.9 Å². The molecule has 4 aliphatic rings. The van der Waals surface area contributed by atoms with Crippen LogP contribution in [0.2, 0.25) is 0 Å². The Morgan fingerprint density at radius 1 is 0.966 bits per heavy atom. The molecule has 3 N–H and O–H groups in total. The molecule has 7 heteroatoms. The third-order valence-electron chi connectivity index (χ3n) is 6.63. The van der Waals surface area contributed by atoms with Gasteiger partial charge in [-0.3, -0.25) is 9.59 Å². The molecular formula is C22H28N2O5. The van der Waals surface area contributed by atoms with Gasteiger partial charge in [-0.2, -0.15) is 0 Å². The summed E-state index contributed by atoms with van der Waals surface area (Å²) in [6, 6.07) is 6.14. The Bertz CT molecular complexity index is 754. The first kappa shape index (κ1) is 19.7. The second-order valence-electron chi connectivity index (χ2n) is 9.05. The molecule has 0 heterocycles. The first-order valence-corrected chi connectivity index (χ1v) is 10.4. The molecule has 0 saturated heterocycles. The van der Waals surface area contributed by atoms with Crippen LogP contribution in [-0.4, -0.2) is 37.5 Å². The number of carbonyl (C=O) groups is 3. The highest BCUT2D eigenvalue weighted by atomic mass is 16.5. The van der Waals surface area contributed by atoms with Gasteiger partial charge in [0.15, 0.2) is 13.2 Å². The molecule has 0 aliphatic heterocycles. The highest BCUT2D eigenvalue weighted by Gasteiger charge is 2.50. The Hall–Kier alpha value is -2.57. The number of primary amides is 1. The van der Waals surface area contributed by atoms with Gasteiger partial charge in [0.2, 0.25) is 0 Å². The maximum Gasteiger partial charge on any atom is 0.338 e. The van der Waals surface area contributed by atoms with Gasteiger partial charge in [-0.15, -0.1) is 0 Å². The highest BCUT2D eigenvalue weighted by Crippen LogP contribution is 2.59. The van der Waals surface area contributed by atoms with E-state index in [-0.39, 0.29) is 24.5 Å². The number of rotatable bonds is 8. The fourth-order valence-corrected chi connectivity index (χ4v) is 5.90. The molecule has 1 aromatic rings. The number of ether oxygens (including phenoxy) is 2. The van der Waals surface area contributed by atoms with Gasteiger partial charge in [-0.05, 0) is 86.0 Å². The number of carbonyl (C=O) groups excluding carboxylic acids is 3. The molecule has 5 rings (SSSR count). The largest absolute Gasteiger partial charge is 0.484 e. The van der Waals surface area contributed by atoms with Crippen LogP contribution in [0.4, 0.5) is 0 Å². The van der Waals surface area contributed by atoms with E-state index in [1.165, 1.54) is 50.7 Å². The van der Waals surface area contributed by atoms with Crippen LogP contribution >= 0.6 is 0 Å². The average molecular weight is 400 g/mol. The summed E-state index contributed by atoms with van der Waals surface area (Å²) in [5.41, 5.74) is 5.59. The molecule has 4 aliphatic carbocycles. The lowest BCUT2D eigenvalue weighted by atomic mass is 9.49. The predicted molar refractivity (Wildman–Crippen MR) is 105 cm³/mol. The van der Waals surface area contributed by atoms with Gasteiger partial charge < -0.3 is 20.5 Å². The quantitative estimate of drug-likeness (QED) is 0.649. The minimum atomic E-state index is -0.576. The summed E-state index contributed by atoms with van der Waals surface area (Å²) in [4.78, 5) is 35.1. The Kier molecular flexibility index (Phi) is 5.48. The summed E-state index contributed by atoms with van der Waals surface area (Å²) < 4.78 is 10.3. The van der Waals surface area contributed by atoms with Crippen molar-refractivity contribution in [2.45, 2.75) is 38.5 Å². The van der Waals surface area contributed by atoms with Gasteiger partial charge in [-0.25, -0.2) is 4.79 Å². The van der Waals surface area contributed by atoms with E-state index in [1.807, 2.05) is 0 Å². The molecule has 0 spiro atoms. The molecule has 1 aromatic carbocycles. The molecule has 2 amide bonds. The van der Waals surface area contributed by atoms with E-state index in [2.05, 4.69) is 5.32 Å². The topological polar surface area (TPSA) is 108 Å². The van der Waals surface area contributed by atoms with Gasteiger partial charge in [-0.1, -0.05) is 0 Å². The Labute approximate surface area is 170 Å². The first-order chi connectivity index (χ1) is 13.9. The summed E-state index contributed by atoms with van der Waals surface area (Å²) in [5.74, 6) is 1.54. The molecule has 4 saturated carbocycles. The molecule has 0 unspecified atom stereocenters. The van der Waals surface area contributed by atoms with E-state index in [9.17, 15) is 14.4 Å². The summed E-state index contributed by atoms with van der Waals surface area (Å²) >= 11 is 0. The molecule has 4 bridgehead atoms. The third-order valence-corrected chi connectivity index (χ3v) is 6.63. The number of hydrogen-bond donors (Lipinski definition) is 2. The highest BCUT2D eigenvalue weighted by molar-refractivity contribution is 5.91. The van der Waals surface area contributed by atoms with Gasteiger partial charge in [0.05, 0.1) is 5.56 Å². The smallest absolute Gasteiger partial charge is 0.338 e. The van der Waals surface area contributed by atoms with Gasteiger partial charge in [0.1, 0.15) is 5.75 Å². The van der Waals surface area contributed by atoms with Crippen molar-refractivity contribution < 1.29 is 23.9 Å². The van der Waals surface area contributed by atoms with Crippen LogP contribution in [0.25, 0.3) is 0 Å². The van der Waals surface area contributed by atoms with Crippen molar-refractivity contribution in [3.05, 3.63) is 29.8 Å². The van der Waals surface area contributed by atoms with Crippen molar-refractivity contribution in [3.63, 3.8) is 0 Å². The van der Waals surface area contributed by atoms with Crippen molar-refractivity contribution >= 4 is 17.8 Å². The van der Waals surface area contributed by atoms with Crippen molar-refractivity contribution in [1.29, 1.82) is 0 Å². The predicted octanol–water partition coefficient (Wildman–Crippen LogP) is 2.04. The Morgan fingerprint density at radius 2 is 1.55 bits per heavy atom. The van der Waals surface area contributed by atoms with Gasteiger partial charge in [0.25, 0.3) is 11.8 Å². The minimum absolute atomic E-state index is 0.228. The third kappa shape index (κ3) is 4.71. The monoisotopic (exact) mass is 400 g/mol. The van der Waals surface area contributed by atoms with E-state index in [1.54, 1.807) is 12.1 Å². The molecule has 0 aromatic heterocycles. The summed E-state index contributed by atoms with van der Waals surface area (Å²) in [6.45, 7) is 0.178. The lowest BCUT2D eigenvalue weighted by Crippen LogP contribution is -2.51. The Morgan fingerprint density at radius 3 is 2.10 bits per heavy atom. The number of benzene rings is 1. The zero-order valence-corrected chi connectivity index (χ0v) is 16.5. The lowest BCUT2D eigenvalue weighted by Gasteiger charge is -2.56. The van der Waals surface area contributed by atoms with E-state index < -0.39 is 11.9 Å². The number of esters is 1. The van der Waals surface area contributed by atoms with Crippen LogP contribution in [0.1, 0.15) is 48.9 Å². The van der Waals surface area contributed by atoms with Gasteiger partial charge in [0, 0.05) is 6.54 Å². The van der Waals surface area contributed by atoms with E-state index in [4.69, 9.17) is 15.2 Å². The Balaban J connectivity index is 1.21. The second-order valence-corrected chi connectivity index (χ2v) is 9.05. The van der Waals surface area contributed by atoms with E-state index >= 15 is 0 Å². The molecule has 4 fully saturated rings. The van der Waals surface area contributed by atoms with E-state index in [0.717, 1.165) is 17.8 Å². The minimum Gasteiger partial charge on any atom is -0.484 e. The second kappa shape index (κ2) is 8.05. The number of nitrogens with one attached hydrogen (secondary N) is 1. The average Bonchev–Trinajstić information content (AvgIpc) is 2.68. The van der Waals surface area contributed by atoms with Crippen LogP contribution in [0.3, 0.4) is 0 Å². The maximum absolute atomic E-state index is 12.2. The lowest BCUT2D eigenvalue weighted by molar-refractivity contribution is -0.126. The number of hydrogen-bond acceptors (Lipinski definition) is 5. The van der Waals surface area contributed by atoms with Crippen molar-refractivity contribution in [2.24, 2.45) is 28.9 Å². The van der Waals surface area contributed by atoms with Crippen LogP contribution in [-0.2, 0) is 14.3 Å². The normalized spacial score (nSPS) is 29.3. The number of amides is 2. The van der Waals surface area contributed by atoms with Crippen molar-refractivity contribution in [3.8, 4) is 5.75 Å². The zero-order chi connectivity index (χ0) is 20.4. The first-order valence-electron chi connectivity index (χ1n) is 10.4. The summed E-state index contributed by atoms with van der Waals surface area (Å²) in [7, 11) is 0. The molecule has 156 valence electrons. The molecule has 7 nitrogen and oxygen atoms in total. The molecule has 0 radical (unpaired) electrons. The molecular weight excluding hydrogens is 372 g/mol. The summed E-state index contributed by atoms with van der Waals surface area (Å²) in [6.07, 6.45) is 7.79. The van der Waals surface area contributed by atoms with Crippen LogP contribution in [0, 0.1) is 23.2 Å². The fraction of sp³-hybridized carbons (Fsp3) is 0.591. The number of nitrogens with two attached hydrogens (primary N) is 1. The van der Waals surface area contributed by atoms with Crippen LogP contribution in [0.15, 0.2) is 24.3 Å². The fourth-order valence-electron chi connectivity index (χ4n) is 5.90. The molecule has 29 heavy (non-hydrogen) atoms. The maximum atomic E-state index is 12.2.